The van der Waals surface area contributed by atoms with E-state index in [-0.39, 0.29) is 0 Å². The summed E-state index contributed by atoms with van der Waals surface area (Å²) in [4.78, 5) is 21.9. The fourth-order valence-electron chi connectivity index (χ4n) is 1.52. The summed E-state index contributed by atoms with van der Waals surface area (Å²) in [6.07, 6.45) is 0. The molecule has 2 aromatic rings. The summed E-state index contributed by atoms with van der Waals surface area (Å²) in [7, 11) is 0. The molecule has 90 valence electrons. The van der Waals surface area contributed by atoms with Crippen LogP contribution in [0.5, 0.6) is 5.75 Å². The number of carbonyl (C=O) groups is 2. The molecule has 0 atom stereocenters. The number of ether oxygens (including phenoxy) is 1. The maximum Gasteiger partial charge on any atom is 0.379 e. The summed E-state index contributed by atoms with van der Waals surface area (Å²) in [6.45, 7) is 1.18. The minimum Gasteiger partial charge on any atom is -0.421 e. The van der Waals surface area contributed by atoms with Gasteiger partial charge in [-0.2, -0.15) is 0 Å². The molecule has 0 heterocycles. The molecule has 0 aromatic heterocycles. The Morgan fingerprint density at radius 1 is 0.833 bits per heavy atom. The summed E-state index contributed by atoms with van der Waals surface area (Å²) >= 11 is 0. The van der Waals surface area contributed by atoms with Crippen LogP contribution in [0.2, 0.25) is 0 Å². The van der Waals surface area contributed by atoms with Crippen molar-refractivity contribution in [1.82, 2.24) is 0 Å². The van der Waals surface area contributed by atoms with Gasteiger partial charge in [-0.05, 0) is 23.3 Å². The number of Topliss-reactive ketones (excluding diaryl/α,β-unsaturated/α-hetero) is 1. The Hall–Kier alpha value is -2.42. The second kappa shape index (κ2) is 5.27. The first kappa shape index (κ1) is 12.0. The molecule has 0 N–H and O–H groups in total. The number of hydrogen-bond donors (Lipinski definition) is 0. The fourth-order valence-corrected chi connectivity index (χ4v) is 1.52. The van der Waals surface area contributed by atoms with E-state index in [0.717, 1.165) is 11.1 Å². The van der Waals surface area contributed by atoms with E-state index in [1.807, 2.05) is 42.5 Å². The van der Waals surface area contributed by atoms with E-state index < -0.39 is 11.8 Å². The summed E-state index contributed by atoms with van der Waals surface area (Å²) in [5.74, 6) is -1.08. The molecule has 0 aliphatic heterocycles. The van der Waals surface area contributed by atoms with Gasteiger partial charge in [-0.25, -0.2) is 4.79 Å². The number of carbonyl (C=O) groups excluding carboxylic acids is 2. The first-order chi connectivity index (χ1) is 8.66. The lowest BCUT2D eigenvalue weighted by molar-refractivity contribution is -0.146. The van der Waals surface area contributed by atoms with Crippen molar-refractivity contribution in [2.75, 3.05) is 0 Å². The van der Waals surface area contributed by atoms with Crippen LogP contribution >= 0.6 is 0 Å². The van der Waals surface area contributed by atoms with Crippen molar-refractivity contribution < 1.29 is 14.3 Å². The summed E-state index contributed by atoms with van der Waals surface area (Å²) in [5, 5.41) is 0. The molecular formula is C15H12O3. The van der Waals surface area contributed by atoms with Crippen molar-refractivity contribution in [1.29, 1.82) is 0 Å². The van der Waals surface area contributed by atoms with Crippen LogP contribution in [0, 0.1) is 0 Å². The Bertz CT molecular complexity index is 556. The largest absolute Gasteiger partial charge is 0.421 e. The van der Waals surface area contributed by atoms with Crippen LogP contribution in [0.4, 0.5) is 0 Å². The predicted molar refractivity (Wildman–Crippen MR) is 68.2 cm³/mol. The Kier molecular flexibility index (Phi) is 3.53. The van der Waals surface area contributed by atoms with E-state index in [0.29, 0.717) is 5.75 Å². The second-order valence-electron chi connectivity index (χ2n) is 3.84. The predicted octanol–water partition coefficient (Wildman–Crippen LogP) is 2.85. The van der Waals surface area contributed by atoms with Crippen LogP contribution in [-0.4, -0.2) is 11.8 Å². The third-order valence-electron chi connectivity index (χ3n) is 2.46. The maximum absolute atomic E-state index is 11.1. The minimum atomic E-state index is -0.845. The molecule has 18 heavy (non-hydrogen) atoms. The lowest BCUT2D eigenvalue weighted by Gasteiger charge is -2.04. The van der Waals surface area contributed by atoms with Gasteiger partial charge in [0.05, 0.1) is 0 Å². The molecule has 0 saturated carbocycles. The molecule has 2 rings (SSSR count). The number of ketones is 1. The molecule has 0 radical (unpaired) electrons. The Labute approximate surface area is 105 Å². The van der Waals surface area contributed by atoms with Crippen LogP contribution in [0.3, 0.4) is 0 Å². The standard InChI is InChI=1S/C15H12O3/c1-11(16)15(17)18-14-9-7-13(8-10-14)12-5-3-2-4-6-12/h2-10H,1H3. The lowest BCUT2D eigenvalue weighted by Crippen LogP contribution is -2.16. The third-order valence-corrected chi connectivity index (χ3v) is 2.46. The van der Waals surface area contributed by atoms with Crippen LogP contribution in [-0.2, 0) is 9.59 Å². The highest BCUT2D eigenvalue weighted by molar-refractivity contribution is 6.33. The van der Waals surface area contributed by atoms with Gasteiger partial charge in [0.15, 0.2) is 0 Å². The third kappa shape index (κ3) is 2.83. The molecule has 0 unspecified atom stereocenters. The number of hydrogen-bond acceptors (Lipinski definition) is 3. The van der Waals surface area contributed by atoms with Gasteiger partial charge in [0, 0.05) is 6.92 Å². The molecule has 0 bridgehead atoms. The number of esters is 1. The van der Waals surface area contributed by atoms with Gasteiger partial charge >= 0.3 is 5.97 Å². The van der Waals surface area contributed by atoms with E-state index in [2.05, 4.69) is 0 Å². The van der Waals surface area contributed by atoms with Crippen molar-refractivity contribution in [3.8, 4) is 16.9 Å². The smallest absolute Gasteiger partial charge is 0.379 e. The Morgan fingerprint density at radius 3 is 1.94 bits per heavy atom. The zero-order chi connectivity index (χ0) is 13.0. The van der Waals surface area contributed by atoms with Gasteiger partial charge in [-0.3, -0.25) is 4.79 Å². The van der Waals surface area contributed by atoms with Crippen LogP contribution in [0.25, 0.3) is 11.1 Å². The normalized spacial score (nSPS) is 9.83. The second-order valence-corrected chi connectivity index (χ2v) is 3.84. The molecule has 0 amide bonds. The number of benzene rings is 2. The molecule has 3 heteroatoms. The zero-order valence-electron chi connectivity index (χ0n) is 9.92. The van der Waals surface area contributed by atoms with E-state index in [4.69, 9.17) is 4.74 Å². The van der Waals surface area contributed by atoms with Gasteiger partial charge in [-0.15, -0.1) is 0 Å². The van der Waals surface area contributed by atoms with Gasteiger partial charge in [-0.1, -0.05) is 42.5 Å². The van der Waals surface area contributed by atoms with Crippen molar-refractivity contribution in [2.45, 2.75) is 6.92 Å². The Morgan fingerprint density at radius 2 is 1.39 bits per heavy atom. The molecular weight excluding hydrogens is 228 g/mol. The van der Waals surface area contributed by atoms with Crippen molar-refractivity contribution >= 4 is 11.8 Å². The average molecular weight is 240 g/mol. The average Bonchev–Trinajstić information content (AvgIpc) is 2.40. The molecule has 3 nitrogen and oxygen atoms in total. The quantitative estimate of drug-likeness (QED) is 0.470. The van der Waals surface area contributed by atoms with Crippen LogP contribution in [0.1, 0.15) is 6.92 Å². The highest BCUT2D eigenvalue weighted by atomic mass is 16.5. The highest BCUT2D eigenvalue weighted by Gasteiger charge is 2.10. The first-order valence-corrected chi connectivity index (χ1v) is 5.55. The van der Waals surface area contributed by atoms with Crippen molar-refractivity contribution in [3.63, 3.8) is 0 Å². The molecule has 2 aromatic carbocycles. The van der Waals surface area contributed by atoms with E-state index >= 15 is 0 Å². The van der Waals surface area contributed by atoms with Gasteiger partial charge in [0.25, 0.3) is 0 Å². The fraction of sp³-hybridized carbons (Fsp3) is 0.0667. The first-order valence-electron chi connectivity index (χ1n) is 5.55. The minimum absolute atomic E-state index is 0.370. The SMILES string of the molecule is CC(=O)C(=O)Oc1ccc(-c2ccccc2)cc1. The monoisotopic (exact) mass is 240 g/mol. The molecule has 0 fully saturated rings. The van der Waals surface area contributed by atoms with Crippen LogP contribution in [0.15, 0.2) is 54.6 Å². The van der Waals surface area contributed by atoms with E-state index in [1.165, 1.54) is 6.92 Å². The van der Waals surface area contributed by atoms with Gasteiger partial charge in [0.2, 0.25) is 5.78 Å². The topological polar surface area (TPSA) is 43.4 Å². The van der Waals surface area contributed by atoms with E-state index in [9.17, 15) is 9.59 Å². The summed E-state index contributed by atoms with van der Waals surface area (Å²) < 4.78 is 4.88. The van der Waals surface area contributed by atoms with Gasteiger partial charge < -0.3 is 4.74 Å². The highest BCUT2D eigenvalue weighted by Crippen LogP contribution is 2.22. The Balaban J connectivity index is 2.16. The molecule has 0 aliphatic rings. The number of rotatable bonds is 3. The van der Waals surface area contributed by atoms with Gasteiger partial charge in [0.1, 0.15) is 5.75 Å². The maximum atomic E-state index is 11.1. The summed E-state index contributed by atoms with van der Waals surface area (Å²) in [5.41, 5.74) is 2.11. The van der Waals surface area contributed by atoms with E-state index in [1.54, 1.807) is 12.1 Å². The zero-order valence-corrected chi connectivity index (χ0v) is 9.92. The molecule has 0 aliphatic carbocycles. The summed E-state index contributed by atoms with van der Waals surface area (Å²) in [6, 6.07) is 16.9. The molecule has 0 spiro atoms. The van der Waals surface area contributed by atoms with Crippen LogP contribution < -0.4 is 4.74 Å². The van der Waals surface area contributed by atoms with Crippen molar-refractivity contribution in [2.24, 2.45) is 0 Å². The molecule has 0 saturated heterocycles. The van der Waals surface area contributed by atoms with Crippen molar-refractivity contribution in [3.05, 3.63) is 54.6 Å². The lowest BCUT2D eigenvalue weighted by atomic mass is 10.1.